The van der Waals surface area contributed by atoms with Gasteiger partial charge in [0.2, 0.25) is 11.8 Å². The fourth-order valence-corrected chi connectivity index (χ4v) is 4.53. The highest BCUT2D eigenvalue weighted by atomic mass is 32.1. The van der Waals surface area contributed by atoms with Crippen molar-refractivity contribution >= 4 is 34.0 Å². The van der Waals surface area contributed by atoms with E-state index in [1.807, 2.05) is 37.4 Å². The zero-order valence-electron chi connectivity index (χ0n) is 19.5. The van der Waals surface area contributed by atoms with Gasteiger partial charge in [0, 0.05) is 16.6 Å². The first-order chi connectivity index (χ1) is 15.1. The van der Waals surface area contributed by atoms with Crippen molar-refractivity contribution < 1.29 is 9.59 Å². The lowest BCUT2D eigenvalue weighted by Crippen LogP contribution is -2.36. The van der Waals surface area contributed by atoms with Gasteiger partial charge in [-0.15, -0.1) is 11.3 Å². The number of amides is 2. The van der Waals surface area contributed by atoms with Crippen molar-refractivity contribution in [3.63, 3.8) is 0 Å². The van der Waals surface area contributed by atoms with E-state index in [2.05, 4.69) is 48.5 Å². The van der Waals surface area contributed by atoms with E-state index in [1.54, 1.807) is 11.9 Å². The Morgan fingerprint density at radius 2 is 1.56 bits per heavy atom. The Hall–Kier alpha value is -3.03. The highest BCUT2D eigenvalue weighted by molar-refractivity contribution is 7.14. The number of anilines is 2. The quantitative estimate of drug-likeness (QED) is 0.539. The maximum absolute atomic E-state index is 12.5. The number of nitrogens with zero attached hydrogens (tertiary/aromatic N) is 2. The molecule has 0 radical (unpaired) electrons. The van der Waals surface area contributed by atoms with Crippen LogP contribution in [0.5, 0.6) is 0 Å². The number of hydrogen-bond donors (Lipinski definition) is 2. The van der Waals surface area contributed by atoms with Crippen molar-refractivity contribution in [3.05, 3.63) is 63.5 Å². The number of aryl methyl sites for hydroxylation is 4. The molecule has 0 aliphatic rings. The molecular weight excluding hydrogens is 420 g/mol. The molecule has 0 unspecified atom stereocenters. The van der Waals surface area contributed by atoms with Gasteiger partial charge < -0.3 is 10.6 Å². The van der Waals surface area contributed by atoms with Crippen LogP contribution in [0, 0.1) is 34.6 Å². The summed E-state index contributed by atoms with van der Waals surface area (Å²) < 4.78 is 0. The number of carbonyl (C=O) groups is 2. The Kier molecular flexibility index (Phi) is 7.43. The Labute approximate surface area is 193 Å². The Bertz CT molecular complexity index is 1130. The van der Waals surface area contributed by atoms with Crippen LogP contribution in [0.25, 0.3) is 11.3 Å². The van der Waals surface area contributed by atoms with E-state index in [9.17, 15) is 9.59 Å². The molecule has 2 aromatic carbocycles. The third kappa shape index (κ3) is 5.81. The van der Waals surface area contributed by atoms with Gasteiger partial charge in [0.05, 0.1) is 18.8 Å². The molecule has 7 heteroatoms. The molecule has 0 atom stereocenters. The Morgan fingerprint density at radius 1 is 0.938 bits per heavy atom. The van der Waals surface area contributed by atoms with Crippen LogP contribution in [-0.2, 0) is 9.59 Å². The van der Waals surface area contributed by atoms with E-state index in [0.29, 0.717) is 5.13 Å². The molecule has 0 fully saturated rings. The second kappa shape index (κ2) is 10.1. The number of aromatic nitrogens is 1. The maximum Gasteiger partial charge on any atom is 0.240 e. The summed E-state index contributed by atoms with van der Waals surface area (Å²) in [4.78, 5) is 31.1. The molecule has 3 rings (SSSR count). The summed E-state index contributed by atoms with van der Waals surface area (Å²) in [6.45, 7) is 10.4. The van der Waals surface area contributed by atoms with Crippen LogP contribution in [0.2, 0.25) is 0 Å². The minimum atomic E-state index is -0.203. The lowest BCUT2D eigenvalue weighted by Gasteiger charge is -2.16. The number of likely N-dealkylation sites (N-methyl/N-ethyl adjacent to an activating group) is 1. The van der Waals surface area contributed by atoms with Crippen LogP contribution in [0.4, 0.5) is 10.8 Å². The van der Waals surface area contributed by atoms with Crippen molar-refractivity contribution in [1.29, 1.82) is 0 Å². The fraction of sp³-hybridized carbons (Fsp3) is 0.320. The summed E-state index contributed by atoms with van der Waals surface area (Å²) in [5.41, 5.74) is 8.48. The van der Waals surface area contributed by atoms with Crippen molar-refractivity contribution in [1.82, 2.24) is 9.88 Å². The summed E-state index contributed by atoms with van der Waals surface area (Å²) in [5.74, 6) is -0.360. The molecule has 0 saturated carbocycles. The Balaban J connectivity index is 1.56. The molecule has 3 aromatic rings. The SMILES string of the molecule is Cc1cc(C)c(-c2csc(NC(=O)CN(C)CC(=O)Nc3cccc(C)c3C)n2)c(C)c1. The summed E-state index contributed by atoms with van der Waals surface area (Å²) in [5, 5.41) is 8.28. The van der Waals surface area contributed by atoms with Crippen LogP contribution >= 0.6 is 11.3 Å². The van der Waals surface area contributed by atoms with Crippen molar-refractivity contribution in [3.8, 4) is 11.3 Å². The predicted molar refractivity (Wildman–Crippen MR) is 132 cm³/mol. The van der Waals surface area contributed by atoms with Crippen molar-refractivity contribution in [2.24, 2.45) is 0 Å². The van der Waals surface area contributed by atoms with Gasteiger partial charge in [-0.3, -0.25) is 14.5 Å². The molecule has 0 saturated heterocycles. The molecule has 1 aromatic heterocycles. The fourth-order valence-electron chi connectivity index (χ4n) is 3.81. The normalized spacial score (nSPS) is 11.0. The zero-order chi connectivity index (χ0) is 23.4. The van der Waals surface area contributed by atoms with E-state index >= 15 is 0 Å². The number of rotatable bonds is 7. The third-order valence-corrected chi connectivity index (χ3v) is 6.15. The molecular formula is C25H30N4O2S. The lowest BCUT2D eigenvalue weighted by atomic mass is 9.98. The summed E-state index contributed by atoms with van der Waals surface area (Å²) in [6, 6.07) is 10.1. The number of thiazole rings is 1. The average Bonchev–Trinajstić information content (AvgIpc) is 3.12. The summed E-state index contributed by atoms with van der Waals surface area (Å²) in [7, 11) is 1.74. The molecule has 0 spiro atoms. The van der Waals surface area contributed by atoms with Gasteiger partial charge in [0.25, 0.3) is 0 Å². The van der Waals surface area contributed by atoms with Crippen LogP contribution in [0.1, 0.15) is 27.8 Å². The standard InChI is InChI=1S/C25H30N4O2S/c1-15-10-17(3)24(18(4)11-15)21-14-32-25(27-21)28-23(31)13-29(6)12-22(30)26-20-9-7-8-16(2)19(20)5/h7-11,14H,12-13H2,1-6H3,(H,26,30)(H,27,28,31). The van der Waals surface area contributed by atoms with Gasteiger partial charge in [-0.05, 0) is 70.0 Å². The highest BCUT2D eigenvalue weighted by Crippen LogP contribution is 2.31. The topological polar surface area (TPSA) is 74.3 Å². The number of carbonyl (C=O) groups excluding carboxylic acids is 2. The first kappa shape index (κ1) is 23.6. The van der Waals surface area contributed by atoms with Gasteiger partial charge in [0.1, 0.15) is 0 Å². The molecule has 32 heavy (non-hydrogen) atoms. The molecule has 0 aliphatic heterocycles. The maximum atomic E-state index is 12.5. The monoisotopic (exact) mass is 450 g/mol. The van der Waals surface area contributed by atoms with Gasteiger partial charge in [-0.25, -0.2) is 4.98 Å². The number of hydrogen-bond acceptors (Lipinski definition) is 5. The van der Waals surface area contributed by atoms with Crippen LogP contribution in [0.15, 0.2) is 35.7 Å². The van der Waals surface area contributed by atoms with Crippen molar-refractivity contribution in [2.75, 3.05) is 30.8 Å². The highest BCUT2D eigenvalue weighted by Gasteiger charge is 2.15. The first-order valence-electron chi connectivity index (χ1n) is 10.5. The average molecular weight is 451 g/mol. The number of benzene rings is 2. The Morgan fingerprint density at radius 3 is 2.22 bits per heavy atom. The van der Waals surface area contributed by atoms with Gasteiger partial charge >= 0.3 is 0 Å². The molecule has 0 aliphatic carbocycles. The molecule has 168 valence electrons. The predicted octanol–water partition coefficient (Wildman–Crippen LogP) is 4.86. The number of nitrogens with one attached hydrogen (secondary N) is 2. The van der Waals surface area contributed by atoms with Gasteiger partial charge in [-0.1, -0.05) is 29.8 Å². The van der Waals surface area contributed by atoms with Crippen LogP contribution in [-0.4, -0.2) is 41.8 Å². The second-order valence-corrected chi connectivity index (χ2v) is 9.19. The molecule has 1 heterocycles. The molecule has 0 bridgehead atoms. The van der Waals surface area contributed by atoms with E-state index < -0.39 is 0 Å². The van der Waals surface area contributed by atoms with E-state index in [0.717, 1.165) is 28.1 Å². The minimum absolute atomic E-state index is 0.0950. The summed E-state index contributed by atoms with van der Waals surface area (Å²) >= 11 is 1.40. The van der Waals surface area contributed by atoms with Gasteiger partial charge in [-0.2, -0.15) is 0 Å². The zero-order valence-corrected chi connectivity index (χ0v) is 20.3. The largest absolute Gasteiger partial charge is 0.325 e. The molecule has 2 amide bonds. The third-order valence-electron chi connectivity index (χ3n) is 5.39. The molecule has 2 N–H and O–H groups in total. The minimum Gasteiger partial charge on any atom is -0.325 e. The van der Waals surface area contributed by atoms with Crippen LogP contribution in [0.3, 0.4) is 0 Å². The first-order valence-corrected chi connectivity index (χ1v) is 11.4. The summed E-state index contributed by atoms with van der Waals surface area (Å²) in [6.07, 6.45) is 0. The molecule has 6 nitrogen and oxygen atoms in total. The second-order valence-electron chi connectivity index (χ2n) is 8.33. The smallest absolute Gasteiger partial charge is 0.240 e. The van der Waals surface area contributed by atoms with Crippen LogP contribution < -0.4 is 10.6 Å². The van der Waals surface area contributed by atoms with E-state index in [1.165, 1.54) is 28.0 Å². The van der Waals surface area contributed by atoms with E-state index in [-0.39, 0.29) is 24.9 Å². The van der Waals surface area contributed by atoms with E-state index in [4.69, 9.17) is 0 Å². The lowest BCUT2D eigenvalue weighted by molar-refractivity contribution is -0.119. The van der Waals surface area contributed by atoms with Crippen molar-refractivity contribution in [2.45, 2.75) is 34.6 Å². The van der Waals surface area contributed by atoms with Gasteiger partial charge in [0.15, 0.2) is 5.13 Å².